The quantitative estimate of drug-likeness (QED) is 0.327. The molecule has 10 heteroatoms. The van der Waals surface area contributed by atoms with E-state index in [9.17, 15) is 4.79 Å². The maximum absolute atomic E-state index is 12.5. The highest BCUT2D eigenvalue weighted by atomic mass is 16.5. The van der Waals surface area contributed by atoms with Crippen LogP contribution in [0.25, 0.3) is 22.6 Å². The van der Waals surface area contributed by atoms with Crippen molar-refractivity contribution in [3.8, 4) is 28.4 Å². The van der Waals surface area contributed by atoms with Crippen LogP contribution in [0.3, 0.4) is 0 Å². The predicted octanol–water partition coefficient (Wildman–Crippen LogP) is 2.73. The zero-order valence-electron chi connectivity index (χ0n) is 21.0. The van der Waals surface area contributed by atoms with Crippen molar-refractivity contribution >= 4 is 0 Å². The van der Waals surface area contributed by atoms with Crippen molar-refractivity contribution in [1.29, 1.82) is 0 Å². The minimum atomic E-state index is -0.162. The molecule has 0 unspecified atom stereocenters. The first kappa shape index (κ1) is 24.8. The van der Waals surface area contributed by atoms with Crippen molar-refractivity contribution in [2.45, 2.75) is 26.4 Å². The van der Waals surface area contributed by atoms with Crippen LogP contribution in [0.2, 0.25) is 0 Å². The lowest BCUT2D eigenvalue weighted by molar-refractivity contribution is 0.0322. The van der Waals surface area contributed by atoms with Crippen molar-refractivity contribution in [2.24, 2.45) is 0 Å². The average molecular weight is 502 g/mol. The van der Waals surface area contributed by atoms with Crippen LogP contribution in [-0.4, -0.2) is 73.9 Å². The summed E-state index contributed by atoms with van der Waals surface area (Å²) in [7, 11) is 0. The van der Waals surface area contributed by atoms with E-state index in [0.717, 1.165) is 62.5 Å². The highest BCUT2D eigenvalue weighted by Crippen LogP contribution is 2.19. The van der Waals surface area contributed by atoms with Crippen LogP contribution < -0.4 is 10.3 Å². The summed E-state index contributed by atoms with van der Waals surface area (Å²) in [6.07, 6.45) is 8.12. The Hall–Kier alpha value is -3.89. The molecule has 0 bridgehead atoms. The molecular weight excluding hydrogens is 470 g/mol. The van der Waals surface area contributed by atoms with E-state index < -0.39 is 0 Å². The van der Waals surface area contributed by atoms with Gasteiger partial charge in [-0.3, -0.25) is 14.4 Å². The van der Waals surface area contributed by atoms with Gasteiger partial charge in [0, 0.05) is 49.6 Å². The maximum Gasteiger partial charge on any atom is 0.267 e. The second-order valence-electron chi connectivity index (χ2n) is 8.95. The standard InChI is InChI=1S/C27H31N7O3/c1-2-8-33-20-23(16-30-33)25-6-7-26(35)34(31-25)19-21-4-3-5-22(15-21)27-28-17-24(18-29-27)37-14-11-32-9-12-36-13-10-32/h3-7,15-18,20H,2,8-14,19H2,1H3. The Morgan fingerprint density at radius 3 is 2.65 bits per heavy atom. The molecule has 0 atom stereocenters. The number of benzene rings is 1. The Bertz CT molecular complexity index is 1360. The second kappa shape index (κ2) is 11.9. The third kappa shape index (κ3) is 6.46. The minimum absolute atomic E-state index is 0.162. The molecule has 4 heterocycles. The highest BCUT2D eigenvalue weighted by molar-refractivity contribution is 5.57. The first-order chi connectivity index (χ1) is 18.2. The van der Waals surface area contributed by atoms with Crippen molar-refractivity contribution in [2.75, 3.05) is 39.5 Å². The van der Waals surface area contributed by atoms with E-state index in [0.29, 0.717) is 30.4 Å². The lowest BCUT2D eigenvalue weighted by atomic mass is 10.1. The number of hydrogen-bond donors (Lipinski definition) is 0. The molecule has 0 saturated carbocycles. The number of ether oxygens (including phenoxy) is 2. The summed E-state index contributed by atoms with van der Waals surface area (Å²) in [5.74, 6) is 1.24. The van der Waals surface area contributed by atoms with Crippen molar-refractivity contribution in [3.63, 3.8) is 0 Å². The monoisotopic (exact) mass is 501 g/mol. The Morgan fingerprint density at radius 1 is 1.00 bits per heavy atom. The SMILES string of the molecule is CCCn1cc(-c2ccc(=O)n(Cc3cccc(-c4ncc(OCCN5CCOCC5)cn4)c3)n2)cn1. The fraction of sp³-hybridized carbons (Fsp3) is 0.370. The third-order valence-electron chi connectivity index (χ3n) is 6.17. The van der Waals surface area contributed by atoms with E-state index >= 15 is 0 Å². The lowest BCUT2D eigenvalue weighted by Crippen LogP contribution is -2.38. The average Bonchev–Trinajstić information content (AvgIpc) is 3.40. The van der Waals surface area contributed by atoms with E-state index in [1.165, 1.54) is 4.68 Å². The summed E-state index contributed by atoms with van der Waals surface area (Å²) in [4.78, 5) is 23.8. The van der Waals surface area contributed by atoms with Gasteiger partial charge in [0.25, 0.3) is 5.56 Å². The minimum Gasteiger partial charge on any atom is -0.489 e. The molecule has 37 heavy (non-hydrogen) atoms. The molecule has 0 aliphatic carbocycles. The largest absolute Gasteiger partial charge is 0.489 e. The summed E-state index contributed by atoms with van der Waals surface area (Å²) >= 11 is 0. The molecule has 1 saturated heterocycles. The van der Waals surface area contributed by atoms with Crippen molar-refractivity contribution in [1.82, 2.24) is 34.4 Å². The Morgan fingerprint density at radius 2 is 1.84 bits per heavy atom. The van der Waals surface area contributed by atoms with Gasteiger partial charge in [0.2, 0.25) is 0 Å². The van der Waals surface area contributed by atoms with E-state index in [-0.39, 0.29) is 5.56 Å². The van der Waals surface area contributed by atoms with Crippen LogP contribution in [0.4, 0.5) is 0 Å². The molecule has 0 spiro atoms. The lowest BCUT2D eigenvalue weighted by Gasteiger charge is -2.26. The van der Waals surface area contributed by atoms with E-state index in [2.05, 4.69) is 32.0 Å². The van der Waals surface area contributed by atoms with Crippen LogP contribution in [0.5, 0.6) is 5.75 Å². The fourth-order valence-corrected chi connectivity index (χ4v) is 4.20. The fourth-order valence-electron chi connectivity index (χ4n) is 4.20. The number of morpholine rings is 1. The molecule has 3 aromatic heterocycles. The van der Waals surface area contributed by atoms with E-state index in [1.807, 2.05) is 35.1 Å². The van der Waals surface area contributed by atoms with Gasteiger partial charge in [-0.15, -0.1) is 0 Å². The predicted molar refractivity (Wildman–Crippen MR) is 139 cm³/mol. The number of hydrogen-bond acceptors (Lipinski definition) is 8. The first-order valence-electron chi connectivity index (χ1n) is 12.6. The molecule has 0 amide bonds. The molecule has 0 N–H and O–H groups in total. The van der Waals surface area contributed by atoms with Crippen LogP contribution in [-0.2, 0) is 17.8 Å². The number of nitrogens with zero attached hydrogens (tertiary/aromatic N) is 7. The molecule has 10 nitrogen and oxygen atoms in total. The number of aryl methyl sites for hydroxylation is 1. The summed E-state index contributed by atoms with van der Waals surface area (Å²) in [6, 6.07) is 11.1. The summed E-state index contributed by atoms with van der Waals surface area (Å²) in [5, 5.41) is 8.95. The molecule has 1 aliphatic rings. The van der Waals surface area contributed by atoms with Crippen LogP contribution >= 0.6 is 0 Å². The van der Waals surface area contributed by atoms with Gasteiger partial charge in [-0.2, -0.15) is 10.2 Å². The van der Waals surface area contributed by atoms with Crippen molar-refractivity contribution in [3.05, 3.63) is 77.1 Å². The smallest absolute Gasteiger partial charge is 0.267 e. The Balaban J connectivity index is 1.24. The van der Waals surface area contributed by atoms with E-state index in [1.54, 1.807) is 30.7 Å². The molecule has 4 aromatic rings. The number of aromatic nitrogens is 6. The molecule has 1 aliphatic heterocycles. The second-order valence-corrected chi connectivity index (χ2v) is 8.95. The van der Waals surface area contributed by atoms with Gasteiger partial charge in [0.05, 0.1) is 44.0 Å². The molecule has 1 fully saturated rings. The molecule has 1 aromatic carbocycles. The third-order valence-corrected chi connectivity index (χ3v) is 6.17. The molecular formula is C27H31N7O3. The number of rotatable bonds is 10. The van der Waals surface area contributed by atoms with Crippen LogP contribution in [0, 0.1) is 0 Å². The Labute approximate surface area is 215 Å². The van der Waals surface area contributed by atoms with Gasteiger partial charge in [-0.1, -0.05) is 25.1 Å². The molecule has 192 valence electrons. The van der Waals surface area contributed by atoms with Gasteiger partial charge in [0.1, 0.15) is 6.61 Å². The highest BCUT2D eigenvalue weighted by Gasteiger charge is 2.11. The van der Waals surface area contributed by atoms with Gasteiger partial charge in [0.15, 0.2) is 11.6 Å². The normalized spacial score (nSPS) is 14.1. The topological polar surface area (TPSA) is 100 Å². The van der Waals surface area contributed by atoms with Gasteiger partial charge >= 0.3 is 0 Å². The van der Waals surface area contributed by atoms with Gasteiger partial charge in [-0.25, -0.2) is 14.6 Å². The van der Waals surface area contributed by atoms with Crippen LogP contribution in [0.15, 0.2) is 66.0 Å². The Kier molecular flexibility index (Phi) is 7.97. The summed E-state index contributed by atoms with van der Waals surface area (Å²) in [6.45, 7) is 8.14. The van der Waals surface area contributed by atoms with Gasteiger partial charge in [-0.05, 0) is 24.1 Å². The molecule has 0 radical (unpaired) electrons. The van der Waals surface area contributed by atoms with E-state index in [4.69, 9.17) is 9.47 Å². The van der Waals surface area contributed by atoms with Crippen molar-refractivity contribution < 1.29 is 9.47 Å². The zero-order chi connectivity index (χ0) is 25.5. The van der Waals surface area contributed by atoms with Gasteiger partial charge < -0.3 is 9.47 Å². The maximum atomic E-state index is 12.5. The zero-order valence-corrected chi connectivity index (χ0v) is 21.0. The summed E-state index contributed by atoms with van der Waals surface area (Å²) in [5.41, 5.74) is 3.23. The molecule has 5 rings (SSSR count). The summed E-state index contributed by atoms with van der Waals surface area (Å²) < 4.78 is 14.5. The van der Waals surface area contributed by atoms with Crippen LogP contribution in [0.1, 0.15) is 18.9 Å². The first-order valence-corrected chi connectivity index (χ1v) is 12.6.